The third-order valence-corrected chi connectivity index (χ3v) is 4.76. The molecule has 1 atom stereocenters. The lowest BCUT2D eigenvalue weighted by atomic mass is 9.87. The molecular weight excluding hydrogens is 324 g/mol. The smallest absolute Gasteiger partial charge is 0.251 e. The number of nitrogens with one attached hydrogen (secondary N) is 1. The van der Waals surface area contributed by atoms with Crippen molar-refractivity contribution >= 4 is 16.8 Å². The summed E-state index contributed by atoms with van der Waals surface area (Å²) in [6.45, 7) is 6.60. The van der Waals surface area contributed by atoms with Crippen LogP contribution in [0.25, 0.3) is 10.9 Å². The Labute approximate surface area is 154 Å². The molecule has 0 aliphatic carbocycles. The topological polar surface area (TPSA) is 54.3 Å². The molecule has 26 heavy (non-hydrogen) atoms. The average Bonchev–Trinajstić information content (AvgIpc) is 2.96. The van der Waals surface area contributed by atoms with Gasteiger partial charge in [0, 0.05) is 41.8 Å². The van der Waals surface area contributed by atoms with Gasteiger partial charge in [0.05, 0.1) is 6.10 Å². The number of aromatic nitrogens is 1. The molecule has 2 aromatic carbocycles. The number of aliphatic hydroxyl groups is 1. The molecule has 0 spiro atoms. The molecule has 0 bridgehead atoms. The van der Waals surface area contributed by atoms with Crippen LogP contribution < -0.4 is 5.32 Å². The fourth-order valence-corrected chi connectivity index (χ4v) is 3.16. The fraction of sp³-hybridized carbons (Fsp3) is 0.318. The van der Waals surface area contributed by atoms with Crippen LogP contribution in [0.1, 0.15) is 48.4 Å². The van der Waals surface area contributed by atoms with Gasteiger partial charge in [0.15, 0.2) is 0 Å². The first kappa shape index (κ1) is 18.2. The first-order chi connectivity index (χ1) is 12.3. The largest absolute Gasteiger partial charge is 0.386 e. The molecule has 1 aromatic heterocycles. The second kappa shape index (κ2) is 6.96. The number of rotatable bonds is 4. The normalized spacial score (nSPS) is 13.0. The number of aliphatic hydroxyl groups excluding tert-OH is 1. The summed E-state index contributed by atoms with van der Waals surface area (Å²) in [6.07, 6.45) is 1.17. The summed E-state index contributed by atoms with van der Waals surface area (Å²) < 4.78 is 1.99. The fourth-order valence-electron chi connectivity index (χ4n) is 3.16. The van der Waals surface area contributed by atoms with Crippen LogP contribution in [0.4, 0.5) is 0 Å². The van der Waals surface area contributed by atoms with Crippen molar-refractivity contribution in [1.29, 1.82) is 0 Å². The van der Waals surface area contributed by atoms with Crippen LogP contribution >= 0.6 is 0 Å². The zero-order valence-corrected chi connectivity index (χ0v) is 15.8. The van der Waals surface area contributed by atoms with Crippen molar-refractivity contribution in [2.45, 2.75) is 32.3 Å². The minimum absolute atomic E-state index is 0.0551. The third-order valence-electron chi connectivity index (χ3n) is 4.76. The molecule has 1 unspecified atom stereocenters. The second-order valence-electron chi connectivity index (χ2n) is 7.77. The van der Waals surface area contributed by atoms with E-state index in [4.69, 9.17) is 0 Å². The van der Waals surface area contributed by atoms with Crippen LogP contribution in [-0.4, -0.2) is 22.1 Å². The maximum Gasteiger partial charge on any atom is 0.251 e. The quantitative estimate of drug-likeness (QED) is 0.749. The van der Waals surface area contributed by atoms with Crippen molar-refractivity contribution in [2.75, 3.05) is 6.54 Å². The van der Waals surface area contributed by atoms with Crippen molar-refractivity contribution in [3.8, 4) is 0 Å². The number of para-hydroxylation sites is 1. The Balaban J connectivity index is 1.69. The first-order valence-electron chi connectivity index (χ1n) is 8.88. The van der Waals surface area contributed by atoms with Crippen LogP contribution in [-0.2, 0) is 12.5 Å². The summed E-state index contributed by atoms with van der Waals surface area (Å²) in [5, 5.41) is 14.4. The molecule has 136 valence electrons. The molecule has 4 heteroatoms. The molecule has 3 aromatic rings. The lowest BCUT2D eigenvalue weighted by Crippen LogP contribution is -2.28. The number of nitrogens with zero attached hydrogens (tertiary/aromatic N) is 1. The number of hydrogen-bond acceptors (Lipinski definition) is 2. The highest BCUT2D eigenvalue weighted by Crippen LogP contribution is 2.26. The lowest BCUT2D eigenvalue weighted by Gasteiger charge is -2.19. The molecule has 4 nitrogen and oxygen atoms in total. The Morgan fingerprint density at radius 2 is 1.77 bits per heavy atom. The minimum Gasteiger partial charge on any atom is -0.386 e. The summed E-state index contributed by atoms with van der Waals surface area (Å²) >= 11 is 0. The summed E-state index contributed by atoms with van der Waals surface area (Å²) in [6, 6.07) is 15.6. The van der Waals surface area contributed by atoms with E-state index in [1.807, 2.05) is 66.3 Å². The Morgan fingerprint density at radius 1 is 1.12 bits per heavy atom. The van der Waals surface area contributed by atoms with Gasteiger partial charge in [-0.25, -0.2) is 0 Å². The van der Waals surface area contributed by atoms with Crippen molar-refractivity contribution in [1.82, 2.24) is 9.88 Å². The van der Waals surface area contributed by atoms with E-state index in [9.17, 15) is 9.90 Å². The molecule has 0 saturated heterocycles. The number of amides is 1. The van der Waals surface area contributed by atoms with Gasteiger partial charge in [-0.15, -0.1) is 0 Å². The molecule has 0 radical (unpaired) electrons. The van der Waals surface area contributed by atoms with E-state index in [1.54, 1.807) is 0 Å². The van der Waals surface area contributed by atoms with Crippen LogP contribution in [0.2, 0.25) is 0 Å². The summed E-state index contributed by atoms with van der Waals surface area (Å²) in [5.41, 5.74) is 3.73. The Morgan fingerprint density at radius 3 is 2.42 bits per heavy atom. The number of hydrogen-bond donors (Lipinski definition) is 2. The van der Waals surface area contributed by atoms with Crippen molar-refractivity contribution < 1.29 is 9.90 Å². The molecule has 0 aliphatic heterocycles. The SMILES string of the molecule is Cn1cc(C(O)CNC(=O)c2ccc(C(C)(C)C)cc2)c2ccccc21. The van der Waals surface area contributed by atoms with Gasteiger partial charge in [0.2, 0.25) is 0 Å². The molecular formula is C22H26N2O2. The third kappa shape index (κ3) is 3.65. The predicted octanol–water partition coefficient (Wildman–Crippen LogP) is 3.94. The van der Waals surface area contributed by atoms with E-state index >= 15 is 0 Å². The van der Waals surface area contributed by atoms with Crippen molar-refractivity contribution in [3.63, 3.8) is 0 Å². The molecule has 1 heterocycles. The maximum atomic E-state index is 12.4. The number of fused-ring (bicyclic) bond motifs is 1. The molecule has 0 fully saturated rings. The van der Waals surface area contributed by atoms with Crippen LogP contribution in [0.3, 0.4) is 0 Å². The maximum absolute atomic E-state index is 12.4. The monoisotopic (exact) mass is 350 g/mol. The number of carbonyl (C=O) groups is 1. The van der Waals surface area contributed by atoms with Gasteiger partial charge in [-0.1, -0.05) is 51.1 Å². The molecule has 2 N–H and O–H groups in total. The van der Waals surface area contributed by atoms with Gasteiger partial charge in [-0.2, -0.15) is 0 Å². The van der Waals surface area contributed by atoms with Gasteiger partial charge in [0.1, 0.15) is 0 Å². The van der Waals surface area contributed by atoms with Gasteiger partial charge in [-0.3, -0.25) is 4.79 Å². The standard InChI is InChI=1S/C22H26N2O2/c1-22(2,3)16-11-9-15(10-12-16)21(26)23-13-20(25)18-14-24(4)19-8-6-5-7-17(18)19/h5-12,14,20,25H,13H2,1-4H3,(H,23,26). The summed E-state index contributed by atoms with van der Waals surface area (Å²) in [5.74, 6) is -0.176. The van der Waals surface area contributed by atoms with Gasteiger partial charge in [-0.05, 0) is 29.2 Å². The van der Waals surface area contributed by atoms with Gasteiger partial charge in [0.25, 0.3) is 5.91 Å². The van der Waals surface area contributed by atoms with Gasteiger partial charge < -0.3 is 15.0 Å². The van der Waals surface area contributed by atoms with Crippen LogP contribution in [0, 0.1) is 0 Å². The lowest BCUT2D eigenvalue weighted by molar-refractivity contribution is 0.0917. The Bertz CT molecular complexity index is 917. The van der Waals surface area contributed by atoms with Gasteiger partial charge >= 0.3 is 0 Å². The highest BCUT2D eigenvalue weighted by Gasteiger charge is 2.17. The highest BCUT2D eigenvalue weighted by molar-refractivity contribution is 5.94. The Kier molecular flexibility index (Phi) is 4.88. The van der Waals surface area contributed by atoms with E-state index in [1.165, 1.54) is 5.56 Å². The van der Waals surface area contributed by atoms with E-state index in [-0.39, 0.29) is 17.9 Å². The average molecular weight is 350 g/mol. The molecule has 0 aliphatic rings. The zero-order chi connectivity index (χ0) is 18.9. The Hall–Kier alpha value is -2.59. The molecule has 3 rings (SSSR count). The number of carbonyl (C=O) groups excluding carboxylic acids is 1. The van der Waals surface area contributed by atoms with Crippen LogP contribution in [0.15, 0.2) is 54.7 Å². The number of benzene rings is 2. The van der Waals surface area contributed by atoms with Crippen LogP contribution in [0.5, 0.6) is 0 Å². The van der Waals surface area contributed by atoms with E-state index in [2.05, 4.69) is 26.1 Å². The first-order valence-corrected chi connectivity index (χ1v) is 8.88. The van der Waals surface area contributed by atoms with E-state index < -0.39 is 6.10 Å². The predicted molar refractivity (Wildman–Crippen MR) is 105 cm³/mol. The van der Waals surface area contributed by atoms with E-state index in [0.717, 1.165) is 16.5 Å². The second-order valence-corrected chi connectivity index (χ2v) is 7.77. The summed E-state index contributed by atoms with van der Waals surface area (Å²) in [7, 11) is 1.95. The number of aryl methyl sites for hydroxylation is 1. The summed E-state index contributed by atoms with van der Waals surface area (Å²) in [4.78, 5) is 12.4. The molecule has 0 saturated carbocycles. The van der Waals surface area contributed by atoms with Crippen molar-refractivity contribution in [3.05, 3.63) is 71.4 Å². The van der Waals surface area contributed by atoms with Crippen molar-refractivity contribution in [2.24, 2.45) is 7.05 Å². The van der Waals surface area contributed by atoms with E-state index in [0.29, 0.717) is 5.56 Å². The minimum atomic E-state index is -0.751. The zero-order valence-electron chi connectivity index (χ0n) is 15.8. The highest BCUT2D eigenvalue weighted by atomic mass is 16.3. The molecule has 1 amide bonds.